The van der Waals surface area contributed by atoms with Gasteiger partial charge in [0.25, 0.3) is 0 Å². The molecule has 0 radical (unpaired) electrons. The summed E-state index contributed by atoms with van der Waals surface area (Å²) in [4.78, 5) is 28.5. The summed E-state index contributed by atoms with van der Waals surface area (Å²) in [6.07, 6.45) is 5.55. The van der Waals surface area contributed by atoms with Gasteiger partial charge in [-0.1, -0.05) is 12.5 Å². The van der Waals surface area contributed by atoms with Crippen LogP contribution in [0.4, 0.5) is 5.82 Å². The van der Waals surface area contributed by atoms with Gasteiger partial charge in [-0.25, -0.2) is 14.5 Å². The van der Waals surface area contributed by atoms with Crippen LogP contribution in [0.1, 0.15) is 30.7 Å². The lowest BCUT2D eigenvalue weighted by molar-refractivity contribution is -0.117. The fraction of sp³-hybridized carbons (Fsp3) is 0.467. The maximum atomic E-state index is 12.3. The van der Waals surface area contributed by atoms with Crippen molar-refractivity contribution in [1.82, 2.24) is 19.3 Å². The van der Waals surface area contributed by atoms with Gasteiger partial charge in [0.2, 0.25) is 5.91 Å². The van der Waals surface area contributed by atoms with Gasteiger partial charge in [0.15, 0.2) is 0 Å². The molecule has 2 aromatic heterocycles. The number of aromatic nitrogens is 4. The Morgan fingerprint density at radius 3 is 3.05 bits per heavy atom. The maximum Gasteiger partial charge on any atom is 0.346 e. The second-order valence-corrected chi connectivity index (χ2v) is 5.54. The first-order valence-electron chi connectivity index (χ1n) is 7.53. The number of nitrogens with zero attached hydrogens (tertiary/aromatic N) is 4. The first kappa shape index (κ1) is 14.5. The minimum absolute atomic E-state index is 0.0884. The molecule has 116 valence electrons. The van der Waals surface area contributed by atoms with E-state index >= 15 is 0 Å². The van der Waals surface area contributed by atoms with Crippen LogP contribution in [0.5, 0.6) is 0 Å². The number of nitrogens with one attached hydrogen (secondary N) is 1. The number of carbonyl (C=O) groups excluding carboxylic acids is 1. The van der Waals surface area contributed by atoms with E-state index in [2.05, 4.69) is 15.4 Å². The number of pyridine rings is 1. The zero-order valence-electron chi connectivity index (χ0n) is 12.6. The number of aryl methyl sites for hydroxylation is 2. The lowest BCUT2D eigenvalue weighted by Crippen LogP contribution is -2.30. The van der Waals surface area contributed by atoms with E-state index in [0.717, 1.165) is 37.1 Å². The number of rotatable bonds is 3. The fourth-order valence-corrected chi connectivity index (χ4v) is 2.65. The Hall–Kier alpha value is -2.44. The Morgan fingerprint density at radius 1 is 1.36 bits per heavy atom. The summed E-state index contributed by atoms with van der Waals surface area (Å²) in [6.45, 7) is 2.47. The van der Waals surface area contributed by atoms with Crippen LogP contribution in [0.25, 0.3) is 0 Å². The Labute approximate surface area is 128 Å². The van der Waals surface area contributed by atoms with E-state index < -0.39 is 0 Å². The molecule has 0 unspecified atom stereocenters. The van der Waals surface area contributed by atoms with Gasteiger partial charge in [-0.15, -0.1) is 0 Å². The molecule has 1 amide bonds. The molecule has 7 heteroatoms. The van der Waals surface area contributed by atoms with Gasteiger partial charge < -0.3 is 5.32 Å². The van der Waals surface area contributed by atoms with Gasteiger partial charge in [0, 0.05) is 19.2 Å². The third-order valence-corrected chi connectivity index (χ3v) is 3.84. The van der Waals surface area contributed by atoms with Crippen molar-refractivity contribution in [1.29, 1.82) is 0 Å². The van der Waals surface area contributed by atoms with Crippen molar-refractivity contribution in [2.75, 3.05) is 5.32 Å². The van der Waals surface area contributed by atoms with Gasteiger partial charge in [0.1, 0.15) is 18.2 Å². The van der Waals surface area contributed by atoms with Crippen LogP contribution in [-0.2, 0) is 24.3 Å². The molecule has 0 atom stereocenters. The van der Waals surface area contributed by atoms with Crippen molar-refractivity contribution in [3.63, 3.8) is 0 Å². The van der Waals surface area contributed by atoms with Crippen LogP contribution in [0, 0.1) is 6.92 Å². The SMILES string of the molecule is Cc1cccnc1NC(=O)Cn1nc2n(c1=O)CCCCC2. The van der Waals surface area contributed by atoms with Crippen molar-refractivity contribution in [3.8, 4) is 0 Å². The highest BCUT2D eigenvalue weighted by Crippen LogP contribution is 2.11. The highest BCUT2D eigenvalue weighted by molar-refractivity contribution is 5.90. The predicted octanol–water partition coefficient (Wildman–Crippen LogP) is 1.11. The molecule has 0 saturated carbocycles. The van der Waals surface area contributed by atoms with Gasteiger partial charge in [0.05, 0.1) is 0 Å². The number of anilines is 1. The number of fused-ring (bicyclic) bond motifs is 1. The number of carbonyl (C=O) groups is 1. The number of hydrogen-bond acceptors (Lipinski definition) is 4. The summed E-state index contributed by atoms with van der Waals surface area (Å²) in [7, 11) is 0. The molecular formula is C15H19N5O2. The minimum atomic E-state index is -0.294. The van der Waals surface area contributed by atoms with Crippen molar-refractivity contribution in [3.05, 3.63) is 40.2 Å². The normalized spacial score (nSPS) is 14.2. The topological polar surface area (TPSA) is 81.8 Å². The molecular weight excluding hydrogens is 282 g/mol. The third kappa shape index (κ3) is 2.93. The molecule has 1 aliphatic heterocycles. The van der Waals surface area contributed by atoms with E-state index in [4.69, 9.17) is 0 Å². The average molecular weight is 301 g/mol. The molecule has 0 aromatic carbocycles. The van der Waals surface area contributed by atoms with Crippen molar-refractivity contribution in [2.45, 2.75) is 45.7 Å². The van der Waals surface area contributed by atoms with Gasteiger partial charge >= 0.3 is 5.69 Å². The molecule has 0 saturated heterocycles. The highest BCUT2D eigenvalue weighted by atomic mass is 16.2. The molecule has 0 aliphatic carbocycles. The smallest absolute Gasteiger partial charge is 0.309 e. The van der Waals surface area contributed by atoms with E-state index in [1.54, 1.807) is 10.8 Å². The fourth-order valence-electron chi connectivity index (χ4n) is 2.65. The molecule has 0 bridgehead atoms. The van der Waals surface area contributed by atoms with E-state index in [0.29, 0.717) is 12.4 Å². The molecule has 3 heterocycles. The Balaban J connectivity index is 1.75. The zero-order valence-corrected chi connectivity index (χ0v) is 12.6. The minimum Gasteiger partial charge on any atom is -0.309 e. The maximum absolute atomic E-state index is 12.3. The number of hydrogen-bond donors (Lipinski definition) is 1. The van der Waals surface area contributed by atoms with Crippen molar-refractivity contribution < 1.29 is 4.79 Å². The zero-order chi connectivity index (χ0) is 15.5. The molecule has 2 aromatic rings. The quantitative estimate of drug-likeness (QED) is 0.921. The first-order chi connectivity index (χ1) is 10.6. The summed E-state index contributed by atoms with van der Waals surface area (Å²) < 4.78 is 2.93. The molecule has 22 heavy (non-hydrogen) atoms. The molecule has 0 fully saturated rings. The van der Waals surface area contributed by atoms with Crippen molar-refractivity contribution >= 4 is 11.7 Å². The summed E-state index contributed by atoms with van der Waals surface area (Å²) in [5, 5.41) is 7.02. The van der Waals surface area contributed by atoms with Gasteiger partial charge in [-0.2, -0.15) is 5.10 Å². The Bertz CT molecular complexity index is 747. The van der Waals surface area contributed by atoms with Gasteiger partial charge in [-0.3, -0.25) is 9.36 Å². The summed E-state index contributed by atoms with van der Waals surface area (Å²) >= 11 is 0. The molecule has 1 aliphatic rings. The molecule has 0 spiro atoms. The van der Waals surface area contributed by atoms with E-state index in [1.165, 1.54) is 4.68 Å². The van der Waals surface area contributed by atoms with Crippen LogP contribution in [0.15, 0.2) is 23.1 Å². The van der Waals surface area contributed by atoms with Crippen LogP contribution >= 0.6 is 0 Å². The monoisotopic (exact) mass is 301 g/mol. The summed E-state index contributed by atoms with van der Waals surface area (Å²) in [5.41, 5.74) is 0.675. The Morgan fingerprint density at radius 2 is 2.23 bits per heavy atom. The van der Waals surface area contributed by atoms with Crippen molar-refractivity contribution in [2.24, 2.45) is 0 Å². The number of amides is 1. The van der Waals surface area contributed by atoms with Crippen LogP contribution in [-0.4, -0.2) is 25.2 Å². The lowest BCUT2D eigenvalue weighted by Gasteiger charge is -2.06. The summed E-state index contributed by atoms with van der Waals surface area (Å²) in [5.74, 6) is 1.00. The average Bonchev–Trinajstić information content (AvgIpc) is 2.67. The Kier molecular flexibility index (Phi) is 4.04. The van der Waals surface area contributed by atoms with E-state index in [-0.39, 0.29) is 18.1 Å². The highest BCUT2D eigenvalue weighted by Gasteiger charge is 2.17. The molecule has 7 nitrogen and oxygen atoms in total. The molecule has 1 N–H and O–H groups in total. The summed E-state index contributed by atoms with van der Waals surface area (Å²) in [6, 6.07) is 3.68. The second kappa shape index (κ2) is 6.13. The standard InChI is InChI=1S/C15H19N5O2/c1-11-6-5-8-16-14(11)17-13(21)10-20-15(22)19-9-4-2-3-7-12(19)18-20/h5-6,8H,2-4,7,9-10H2,1H3,(H,16,17,21). The lowest BCUT2D eigenvalue weighted by atomic mass is 10.2. The van der Waals surface area contributed by atoms with E-state index in [1.807, 2.05) is 19.1 Å². The largest absolute Gasteiger partial charge is 0.346 e. The van der Waals surface area contributed by atoms with E-state index in [9.17, 15) is 9.59 Å². The van der Waals surface area contributed by atoms with Gasteiger partial charge in [-0.05, 0) is 31.4 Å². The predicted molar refractivity (Wildman–Crippen MR) is 81.6 cm³/mol. The molecule has 3 rings (SSSR count). The third-order valence-electron chi connectivity index (χ3n) is 3.84. The van der Waals surface area contributed by atoms with Crippen LogP contribution in [0.3, 0.4) is 0 Å². The second-order valence-electron chi connectivity index (χ2n) is 5.54. The van der Waals surface area contributed by atoms with Crippen LogP contribution in [0.2, 0.25) is 0 Å². The van der Waals surface area contributed by atoms with Crippen LogP contribution < -0.4 is 11.0 Å². The first-order valence-corrected chi connectivity index (χ1v) is 7.53.